The lowest BCUT2D eigenvalue weighted by atomic mass is 9.89. The molecule has 14 heavy (non-hydrogen) atoms. The van der Waals surface area contributed by atoms with Gasteiger partial charge in [0.25, 0.3) is 5.78 Å². The van der Waals surface area contributed by atoms with Gasteiger partial charge < -0.3 is 0 Å². The summed E-state index contributed by atoms with van der Waals surface area (Å²) in [6.45, 7) is 6.62. The van der Waals surface area contributed by atoms with Crippen molar-refractivity contribution in [2.45, 2.75) is 27.2 Å². The van der Waals surface area contributed by atoms with Gasteiger partial charge in [-0.05, 0) is 17.4 Å². The first-order chi connectivity index (χ1) is 6.54. The summed E-state index contributed by atoms with van der Waals surface area (Å²) >= 11 is 0. The van der Waals surface area contributed by atoms with Crippen molar-refractivity contribution in [2.24, 2.45) is 5.41 Å². The predicted octanol–water partition coefficient (Wildman–Crippen LogP) is 1.71. The number of hydrogen-bond acceptors (Lipinski definition) is 3. The van der Waals surface area contributed by atoms with Crippen LogP contribution < -0.4 is 0 Å². The van der Waals surface area contributed by atoms with Crippen molar-refractivity contribution in [3.63, 3.8) is 0 Å². The van der Waals surface area contributed by atoms with Crippen LogP contribution in [0.5, 0.6) is 0 Å². The fourth-order valence-electron chi connectivity index (χ4n) is 1.46. The Morgan fingerprint density at radius 2 is 2.07 bits per heavy atom. The predicted molar refractivity (Wildman–Crippen MR) is 53.9 cm³/mol. The van der Waals surface area contributed by atoms with Gasteiger partial charge in [0.2, 0.25) is 0 Å². The highest BCUT2D eigenvalue weighted by molar-refractivity contribution is 5.25. The average Bonchev–Trinajstić information content (AvgIpc) is 2.47. The van der Waals surface area contributed by atoms with Crippen LogP contribution in [-0.2, 0) is 6.42 Å². The first-order valence-electron chi connectivity index (χ1n) is 4.69. The van der Waals surface area contributed by atoms with Crippen molar-refractivity contribution in [1.82, 2.24) is 19.6 Å². The van der Waals surface area contributed by atoms with Crippen LogP contribution in [-0.4, -0.2) is 19.6 Å². The quantitative estimate of drug-likeness (QED) is 0.687. The van der Waals surface area contributed by atoms with Crippen LogP contribution in [0.1, 0.15) is 26.3 Å². The molecule has 2 aromatic heterocycles. The second-order valence-corrected chi connectivity index (χ2v) is 4.70. The van der Waals surface area contributed by atoms with Gasteiger partial charge in [0.05, 0.1) is 0 Å². The van der Waals surface area contributed by atoms with Gasteiger partial charge in [-0.1, -0.05) is 20.8 Å². The monoisotopic (exact) mass is 190 g/mol. The summed E-state index contributed by atoms with van der Waals surface area (Å²) in [7, 11) is 0. The first kappa shape index (κ1) is 9.12. The zero-order valence-corrected chi connectivity index (χ0v) is 8.73. The summed E-state index contributed by atoms with van der Waals surface area (Å²) in [6, 6.07) is 0. The fourth-order valence-corrected chi connectivity index (χ4v) is 1.46. The highest BCUT2D eigenvalue weighted by atomic mass is 15.3. The van der Waals surface area contributed by atoms with Crippen LogP contribution in [0, 0.1) is 5.41 Å². The Morgan fingerprint density at radius 1 is 1.29 bits per heavy atom. The molecule has 0 aliphatic heterocycles. The lowest BCUT2D eigenvalue weighted by Crippen LogP contribution is -2.10. The van der Waals surface area contributed by atoms with Crippen LogP contribution in [0.2, 0.25) is 0 Å². The van der Waals surface area contributed by atoms with Crippen molar-refractivity contribution in [3.8, 4) is 0 Å². The second-order valence-electron chi connectivity index (χ2n) is 4.70. The Labute approximate surface area is 83.0 Å². The molecule has 0 aliphatic carbocycles. The van der Waals surface area contributed by atoms with E-state index in [2.05, 4.69) is 35.8 Å². The summed E-state index contributed by atoms with van der Waals surface area (Å²) in [5.74, 6) is 0.655. The largest absolute Gasteiger partial charge is 0.252 e. The Kier molecular flexibility index (Phi) is 1.98. The van der Waals surface area contributed by atoms with Crippen LogP contribution in [0.25, 0.3) is 5.78 Å². The molecule has 0 saturated heterocycles. The van der Waals surface area contributed by atoms with Crippen LogP contribution in [0.3, 0.4) is 0 Å². The molecule has 0 saturated carbocycles. The van der Waals surface area contributed by atoms with E-state index in [1.54, 1.807) is 4.52 Å². The molecule has 0 amide bonds. The molecule has 0 aliphatic rings. The third-order valence-corrected chi connectivity index (χ3v) is 1.92. The van der Waals surface area contributed by atoms with Crippen LogP contribution in [0.4, 0.5) is 0 Å². The molecule has 74 valence electrons. The molecular weight excluding hydrogens is 176 g/mol. The van der Waals surface area contributed by atoms with Gasteiger partial charge in [0.1, 0.15) is 6.33 Å². The van der Waals surface area contributed by atoms with E-state index in [1.165, 1.54) is 11.9 Å². The minimum absolute atomic E-state index is 0.274. The molecule has 2 heterocycles. The topological polar surface area (TPSA) is 43.1 Å². The third-order valence-electron chi connectivity index (χ3n) is 1.92. The van der Waals surface area contributed by atoms with E-state index in [4.69, 9.17) is 0 Å². The average molecular weight is 190 g/mol. The Bertz CT molecular complexity index is 439. The standard InChI is InChI=1S/C10H14N4/c1-10(2,3)4-8-5-11-9-12-7-13-14(9)6-8/h5-7H,4H2,1-3H3. The van der Waals surface area contributed by atoms with Crippen molar-refractivity contribution < 1.29 is 0 Å². The van der Waals surface area contributed by atoms with Crippen LogP contribution in [0.15, 0.2) is 18.7 Å². The summed E-state index contributed by atoms with van der Waals surface area (Å²) < 4.78 is 1.71. The molecule has 0 unspecified atom stereocenters. The molecule has 4 nitrogen and oxygen atoms in total. The minimum Gasteiger partial charge on any atom is -0.219 e. The molecule has 2 rings (SSSR count). The lowest BCUT2D eigenvalue weighted by Gasteiger charge is -2.17. The number of nitrogens with zero attached hydrogens (tertiary/aromatic N) is 4. The molecule has 0 radical (unpaired) electrons. The van der Waals surface area contributed by atoms with Crippen molar-refractivity contribution in [3.05, 3.63) is 24.3 Å². The zero-order chi connectivity index (χ0) is 10.2. The SMILES string of the molecule is CC(C)(C)Cc1cnc2ncnn2c1. The molecular formula is C10H14N4. The molecule has 0 bridgehead atoms. The Morgan fingerprint density at radius 3 is 2.79 bits per heavy atom. The number of hydrogen-bond donors (Lipinski definition) is 0. The highest BCUT2D eigenvalue weighted by Crippen LogP contribution is 2.19. The van der Waals surface area contributed by atoms with E-state index in [-0.39, 0.29) is 5.41 Å². The lowest BCUT2D eigenvalue weighted by molar-refractivity contribution is 0.410. The summed E-state index contributed by atoms with van der Waals surface area (Å²) in [6.07, 6.45) is 6.37. The van der Waals surface area contributed by atoms with E-state index in [9.17, 15) is 0 Å². The van der Waals surface area contributed by atoms with Gasteiger partial charge in [-0.3, -0.25) is 0 Å². The molecule has 0 aromatic carbocycles. The third kappa shape index (κ3) is 1.89. The van der Waals surface area contributed by atoms with E-state index in [0.717, 1.165) is 6.42 Å². The Balaban J connectivity index is 2.35. The van der Waals surface area contributed by atoms with Crippen molar-refractivity contribution >= 4 is 5.78 Å². The molecule has 0 fully saturated rings. The Hall–Kier alpha value is -1.45. The maximum Gasteiger partial charge on any atom is 0.252 e. The molecule has 0 N–H and O–H groups in total. The van der Waals surface area contributed by atoms with Crippen molar-refractivity contribution in [2.75, 3.05) is 0 Å². The van der Waals surface area contributed by atoms with E-state index in [1.807, 2.05) is 12.4 Å². The maximum absolute atomic E-state index is 4.21. The summed E-state index contributed by atoms with van der Waals surface area (Å²) in [4.78, 5) is 8.21. The normalized spacial score (nSPS) is 12.2. The first-order valence-corrected chi connectivity index (χ1v) is 4.69. The molecule has 0 spiro atoms. The molecule has 4 heteroatoms. The van der Waals surface area contributed by atoms with E-state index < -0.39 is 0 Å². The highest BCUT2D eigenvalue weighted by Gasteiger charge is 2.12. The minimum atomic E-state index is 0.274. The van der Waals surface area contributed by atoms with E-state index in [0.29, 0.717) is 5.78 Å². The maximum atomic E-state index is 4.21. The van der Waals surface area contributed by atoms with Gasteiger partial charge in [0.15, 0.2) is 0 Å². The summed E-state index contributed by atoms with van der Waals surface area (Å²) in [5.41, 5.74) is 1.46. The van der Waals surface area contributed by atoms with Gasteiger partial charge in [-0.25, -0.2) is 9.50 Å². The number of fused-ring (bicyclic) bond motifs is 1. The summed E-state index contributed by atoms with van der Waals surface area (Å²) in [5, 5.41) is 4.05. The number of rotatable bonds is 1. The second kappa shape index (κ2) is 3.04. The van der Waals surface area contributed by atoms with E-state index >= 15 is 0 Å². The van der Waals surface area contributed by atoms with Crippen LogP contribution >= 0.6 is 0 Å². The van der Waals surface area contributed by atoms with Gasteiger partial charge in [-0.2, -0.15) is 10.1 Å². The fraction of sp³-hybridized carbons (Fsp3) is 0.500. The smallest absolute Gasteiger partial charge is 0.219 e. The number of aromatic nitrogens is 4. The zero-order valence-electron chi connectivity index (χ0n) is 8.73. The van der Waals surface area contributed by atoms with Crippen molar-refractivity contribution in [1.29, 1.82) is 0 Å². The molecule has 0 atom stereocenters. The van der Waals surface area contributed by atoms with Gasteiger partial charge in [-0.15, -0.1) is 0 Å². The van der Waals surface area contributed by atoms with Gasteiger partial charge in [0, 0.05) is 12.4 Å². The van der Waals surface area contributed by atoms with Gasteiger partial charge >= 0.3 is 0 Å². The molecule has 2 aromatic rings.